The number of ether oxygens (including phenoxy) is 1. The minimum absolute atomic E-state index is 0.242. The maximum Gasteiger partial charge on any atom is 0.324 e. The second kappa shape index (κ2) is 1.91. The van der Waals surface area contributed by atoms with Crippen LogP contribution in [-0.4, -0.2) is 29.2 Å². The van der Waals surface area contributed by atoms with Crippen molar-refractivity contribution in [1.82, 2.24) is 0 Å². The number of carboxylic acid groups (broad SMARTS) is 1. The van der Waals surface area contributed by atoms with Gasteiger partial charge in [-0.1, -0.05) is 0 Å². The summed E-state index contributed by atoms with van der Waals surface area (Å²) in [5.74, 6) is -1.01. The van der Waals surface area contributed by atoms with Crippen molar-refractivity contribution in [3.8, 4) is 0 Å². The highest BCUT2D eigenvalue weighted by Gasteiger charge is 2.36. The smallest absolute Gasteiger partial charge is 0.324 e. The minimum Gasteiger partial charge on any atom is -0.480 e. The molecule has 4 heteroatoms. The molecular weight excluding hydrogens is 131 g/mol. The summed E-state index contributed by atoms with van der Waals surface area (Å²) in [7, 11) is 0. The van der Waals surface area contributed by atoms with E-state index < -0.39 is 11.3 Å². The largest absolute Gasteiger partial charge is 0.480 e. The highest BCUT2D eigenvalue weighted by Crippen LogP contribution is 2.18. The quantitative estimate of drug-likeness (QED) is 0.432. The third kappa shape index (κ3) is 1.11. The number of hydrogen-bond donors (Lipinski definition) is 1. The molecule has 0 unspecified atom stereocenters. The van der Waals surface area contributed by atoms with Crippen LogP contribution in [0.2, 0.25) is 0 Å². The molecule has 1 aliphatic rings. The SMILES string of the molecule is O=C(O)[C@H](Cl)[C@@H]1CO1. The van der Waals surface area contributed by atoms with Gasteiger partial charge in [-0.3, -0.25) is 4.79 Å². The van der Waals surface area contributed by atoms with Gasteiger partial charge in [0.1, 0.15) is 6.10 Å². The molecule has 0 amide bonds. The Morgan fingerprint density at radius 3 is 2.62 bits per heavy atom. The molecule has 0 aromatic rings. The van der Waals surface area contributed by atoms with Crippen LogP contribution in [-0.2, 0) is 9.53 Å². The van der Waals surface area contributed by atoms with E-state index in [0.29, 0.717) is 6.61 Å². The molecule has 1 saturated heterocycles. The first-order valence-corrected chi connectivity index (χ1v) is 2.64. The fraction of sp³-hybridized carbons (Fsp3) is 0.750. The molecule has 8 heavy (non-hydrogen) atoms. The Hall–Kier alpha value is -0.280. The van der Waals surface area contributed by atoms with Crippen molar-refractivity contribution in [3.63, 3.8) is 0 Å². The Morgan fingerprint density at radius 1 is 2.00 bits per heavy atom. The normalized spacial score (nSPS) is 29.4. The van der Waals surface area contributed by atoms with Crippen molar-refractivity contribution >= 4 is 17.6 Å². The first-order chi connectivity index (χ1) is 3.72. The van der Waals surface area contributed by atoms with Gasteiger partial charge >= 0.3 is 5.97 Å². The summed E-state index contributed by atoms with van der Waals surface area (Å²) >= 11 is 5.29. The van der Waals surface area contributed by atoms with Crippen molar-refractivity contribution < 1.29 is 14.6 Å². The van der Waals surface area contributed by atoms with Gasteiger partial charge in [-0.05, 0) is 0 Å². The predicted molar refractivity (Wildman–Crippen MR) is 27.0 cm³/mol. The molecule has 0 bridgehead atoms. The number of epoxide rings is 1. The van der Waals surface area contributed by atoms with E-state index in [9.17, 15) is 4.79 Å². The summed E-state index contributed by atoms with van der Waals surface area (Å²) in [4.78, 5) is 9.97. The Bertz CT molecular complexity index is 110. The lowest BCUT2D eigenvalue weighted by atomic mass is 10.3. The van der Waals surface area contributed by atoms with E-state index in [1.807, 2.05) is 0 Å². The van der Waals surface area contributed by atoms with E-state index in [1.54, 1.807) is 0 Å². The zero-order chi connectivity index (χ0) is 6.15. The first kappa shape index (κ1) is 5.85. The molecular formula is C4H5ClO3. The predicted octanol–water partition coefficient (Wildman–Crippen LogP) is 0.0772. The monoisotopic (exact) mass is 136 g/mol. The van der Waals surface area contributed by atoms with Gasteiger partial charge in [0.25, 0.3) is 0 Å². The zero-order valence-electron chi connectivity index (χ0n) is 4.00. The topological polar surface area (TPSA) is 49.8 Å². The fourth-order valence-electron chi connectivity index (χ4n) is 0.384. The number of halogens is 1. The molecule has 3 nitrogen and oxygen atoms in total. The van der Waals surface area contributed by atoms with Gasteiger partial charge in [0, 0.05) is 0 Å². The molecule has 0 aromatic carbocycles. The molecule has 0 aliphatic carbocycles. The number of rotatable bonds is 2. The molecule has 1 N–H and O–H groups in total. The van der Waals surface area contributed by atoms with E-state index in [0.717, 1.165) is 0 Å². The third-order valence-electron chi connectivity index (χ3n) is 0.921. The van der Waals surface area contributed by atoms with Crippen LogP contribution in [0.1, 0.15) is 0 Å². The summed E-state index contributed by atoms with van der Waals surface area (Å²) in [5.41, 5.74) is 0. The Balaban J connectivity index is 2.32. The van der Waals surface area contributed by atoms with Crippen molar-refractivity contribution in [2.75, 3.05) is 6.61 Å². The highest BCUT2D eigenvalue weighted by molar-refractivity contribution is 6.30. The molecule has 1 heterocycles. The average molecular weight is 137 g/mol. The number of hydrogen-bond acceptors (Lipinski definition) is 2. The summed E-state index contributed by atoms with van der Waals surface area (Å²) in [6.45, 7) is 0.487. The lowest BCUT2D eigenvalue weighted by molar-refractivity contribution is -0.136. The number of carboxylic acids is 1. The van der Waals surface area contributed by atoms with Crippen molar-refractivity contribution in [2.24, 2.45) is 0 Å². The molecule has 0 radical (unpaired) electrons. The van der Waals surface area contributed by atoms with E-state index in [-0.39, 0.29) is 6.10 Å². The number of carbonyl (C=O) groups is 1. The van der Waals surface area contributed by atoms with Gasteiger partial charge < -0.3 is 9.84 Å². The van der Waals surface area contributed by atoms with Crippen LogP contribution >= 0.6 is 11.6 Å². The molecule has 2 atom stereocenters. The molecule has 0 saturated carbocycles. The molecule has 0 aromatic heterocycles. The van der Waals surface area contributed by atoms with Gasteiger partial charge in [0.2, 0.25) is 0 Å². The van der Waals surface area contributed by atoms with Crippen molar-refractivity contribution in [2.45, 2.75) is 11.5 Å². The van der Waals surface area contributed by atoms with Crippen LogP contribution in [0.5, 0.6) is 0 Å². The summed E-state index contributed by atoms with van der Waals surface area (Å²) < 4.78 is 4.62. The van der Waals surface area contributed by atoms with Gasteiger partial charge in [-0.25, -0.2) is 0 Å². The second-order valence-corrected chi connectivity index (χ2v) is 2.08. The fourth-order valence-corrected chi connectivity index (χ4v) is 0.529. The van der Waals surface area contributed by atoms with E-state index in [1.165, 1.54) is 0 Å². The van der Waals surface area contributed by atoms with Crippen molar-refractivity contribution in [1.29, 1.82) is 0 Å². The van der Waals surface area contributed by atoms with Gasteiger partial charge in [-0.2, -0.15) is 0 Å². The Kier molecular flexibility index (Phi) is 1.40. The molecule has 46 valence electrons. The van der Waals surface area contributed by atoms with Gasteiger partial charge in [-0.15, -0.1) is 11.6 Å². The van der Waals surface area contributed by atoms with Crippen LogP contribution in [0.25, 0.3) is 0 Å². The van der Waals surface area contributed by atoms with Gasteiger partial charge in [0.15, 0.2) is 5.38 Å². The lowest BCUT2D eigenvalue weighted by Crippen LogP contribution is -2.19. The standard InChI is InChI=1S/C4H5ClO3/c5-3(4(6)7)2-1-8-2/h2-3H,1H2,(H,6,7)/t2-,3+/m0/s1. The van der Waals surface area contributed by atoms with Crippen LogP contribution in [0.4, 0.5) is 0 Å². The average Bonchev–Trinajstić information content (AvgIpc) is 2.43. The number of aliphatic carboxylic acids is 1. The summed E-state index contributed by atoms with van der Waals surface area (Å²) in [6, 6.07) is 0. The summed E-state index contributed by atoms with van der Waals surface area (Å²) in [6.07, 6.45) is -0.242. The molecule has 1 aliphatic heterocycles. The van der Waals surface area contributed by atoms with E-state index >= 15 is 0 Å². The van der Waals surface area contributed by atoms with Crippen LogP contribution < -0.4 is 0 Å². The van der Waals surface area contributed by atoms with Crippen LogP contribution in [0.3, 0.4) is 0 Å². The van der Waals surface area contributed by atoms with Crippen molar-refractivity contribution in [3.05, 3.63) is 0 Å². The molecule has 1 rings (SSSR count). The Labute approximate surface area is 51.2 Å². The van der Waals surface area contributed by atoms with E-state index in [2.05, 4.69) is 4.74 Å². The van der Waals surface area contributed by atoms with E-state index in [4.69, 9.17) is 16.7 Å². The van der Waals surface area contributed by atoms with Crippen LogP contribution in [0.15, 0.2) is 0 Å². The number of alkyl halides is 1. The maximum absolute atomic E-state index is 9.97. The van der Waals surface area contributed by atoms with Crippen LogP contribution in [0, 0.1) is 0 Å². The molecule has 1 fully saturated rings. The second-order valence-electron chi connectivity index (χ2n) is 1.61. The lowest BCUT2D eigenvalue weighted by Gasteiger charge is -1.93. The summed E-state index contributed by atoms with van der Waals surface area (Å²) in [5, 5.41) is 7.33. The third-order valence-corrected chi connectivity index (χ3v) is 1.39. The maximum atomic E-state index is 9.97. The minimum atomic E-state index is -1.01. The zero-order valence-corrected chi connectivity index (χ0v) is 4.76. The molecule has 0 spiro atoms. The first-order valence-electron chi connectivity index (χ1n) is 2.20. The van der Waals surface area contributed by atoms with Gasteiger partial charge in [0.05, 0.1) is 6.61 Å². The Morgan fingerprint density at radius 2 is 2.50 bits per heavy atom. The highest BCUT2D eigenvalue weighted by atomic mass is 35.5.